The number of likely N-dealkylation sites (tertiary alicyclic amines) is 1. The average molecular weight is 483 g/mol. The van der Waals surface area contributed by atoms with E-state index < -0.39 is 0 Å². The van der Waals surface area contributed by atoms with Gasteiger partial charge in [-0.15, -0.1) is 0 Å². The van der Waals surface area contributed by atoms with E-state index in [1.807, 2.05) is 0 Å². The van der Waals surface area contributed by atoms with E-state index in [1.165, 1.54) is 60.9 Å². The zero-order chi connectivity index (χ0) is 25.0. The second-order valence-corrected chi connectivity index (χ2v) is 10.6. The Labute approximate surface area is 213 Å². The molecule has 1 aromatic carbocycles. The number of hydrogen-bond donors (Lipinski definition) is 1. The summed E-state index contributed by atoms with van der Waals surface area (Å²) in [4.78, 5) is 2.49. The molecule has 2 fully saturated rings. The lowest BCUT2D eigenvalue weighted by Crippen LogP contribution is -2.23. The second-order valence-electron chi connectivity index (χ2n) is 10.6. The molecule has 3 rings (SSSR count). The van der Waals surface area contributed by atoms with Gasteiger partial charge in [0.25, 0.3) is 0 Å². The van der Waals surface area contributed by atoms with Crippen molar-refractivity contribution in [3.8, 4) is 0 Å². The van der Waals surface area contributed by atoms with Gasteiger partial charge < -0.3 is 10.1 Å². The van der Waals surface area contributed by atoms with Gasteiger partial charge in [0.15, 0.2) is 0 Å². The van der Waals surface area contributed by atoms with Gasteiger partial charge in [-0.3, -0.25) is 4.90 Å². The summed E-state index contributed by atoms with van der Waals surface area (Å²) < 4.78 is 20.1. The Hall–Kier alpha value is -1.91. The summed E-state index contributed by atoms with van der Waals surface area (Å²) >= 11 is 0. The number of ether oxygens (including phenoxy) is 1. The third-order valence-corrected chi connectivity index (χ3v) is 7.66. The lowest BCUT2D eigenvalue weighted by molar-refractivity contribution is 0.0990. The van der Waals surface area contributed by atoms with Crippen molar-refractivity contribution in [2.75, 3.05) is 32.8 Å². The molecule has 1 unspecified atom stereocenters. The number of benzene rings is 1. The zero-order valence-corrected chi connectivity index (χ0v) is 22.4. The van der Waals surface area contributed by atoms with Crippen LogP contribution in [0.5, 0.6) is 0 Å². The van der Waals surface area contributed by atoms with Gasteiger partial charge in [-0.2, -0.15) is 0 Å². The van der Waals surface area contributed by atoms with E-state index in [9.17, 15) is 4.39 Å². The highest BCUT2D eigenvalue weighted by Crippen LogP contribution is 2.35. The maximum absolute atomic E-state index is 14.1. The molecule has 1 atom stereocenters. The summed E-state index contributed by atoms with van der Waals surface area (Å²) in [5.41, 5.74) is 6.21. The normalized spacial score (nSPS) is 20.4. The molecule has 194 valence electrons. The molecular formula is C31H47FN2O. The summed E-state index contributed by atoms with van der Waals surface area (Å²) in [5.74, 6) is 1.09. The highest BCUT2D eigenvalue weighted by molar-refractivity contribution is 5.32. The predicted molar refractivity (Wildman–Crippen MR) is 146 cm³/mol. The fraction of sp³-hybridized carbons (Fsp3) is 0.613. The highest BCUT2D eigenvalue weighted by atomic mass is 19.1. The number of hydrogen-bond acceptors (Lipinski definition) is 3. The first-order valence-corrected chi connectivity index (χ1v) is 13.8. The molecule has 1 aliphatic heterocycles. The SMILES string of the molecule is C=C(/C=C\C(C)=C(/C)NCC)CCCOCC1CCN(Cc2cc(F)ccc2C2CCCCC2)C1. The molecule has 0 radical (unpaired) electrons. The van der Waals surface area contributed by atoms with E-state index in [0.717, 1.165) is 57.8 Å². The number of halogens is 1. The first kappa shape index (κ1) is 27.7. The van der Waals surface area contributed by atoms with E-state index in [0.29, 0.717) is 11.8 Å². The van der Waals surface area contributed by atoms with Crippen LogP contribution in [-0.2, 0) is 11.3 Å². The summed E-state index contributed by atoms with van der Waals surface area (Å²) in [6.07, 6.45) is 13.9. The molecule has 2 aliphatic rings. The fourth-order valence-electron chi connectivity index (χ4n) is 5.46. The molecule has 1 N–H and O–H groups in total. The third kappa shape index (κ3) is 9.24. The van der Waals surface area contributed by atoms with E-state index in [1.54, 1.807) is 12.1 Å². The van der Waals surface area contributed by atoms with Gasteiger partial charge >= 0.3 is 0 Å². The van der Waals surface area contributed by atoms with Crippen LogP contribution in [0.3, 0.4) is 0 Å². The van der Waals surface area contributed by atoms with Gasteiger partial charge in [-0.25, -0.2) is 4.39 Å². The van der Waals surface area contributed by atoms with Gasteiger partial charge in [0.1, 0.15) is 5.82 Å². The first-order chi connectivity index (χ1) is 17.0. The van der Waals surface area contributed by atoms with Crippen LogP contribution in [0.2, 0.25) is 0 Å². The van der Waals surface area contributed by atoms with Crippen molar-refractivity contribution in [2.45, 2.75) is 84.6 Å². The van der Waals surface area contributed by atoms with Crippen LogP contribution in [0.4, 0.5) is 4.39 Å². The van der Waals surface area contributed by atoms with E-state index in [-0.39, 0.29) is 5.82 Å². The average Bonchev–Trinajstić information content (AvgIpc) is 3.30. The van der Waals surface area contributed by atoms with Crippen molar-refractivity contribution in [2.24, 2.45) is 5.92 Å². The molecular weight excluding hydrogens is 435 g/mol. The van der Waals surface area contributed by atoms with Crippen LogP contribution >= 0.6 is 0 Å². The monoisotopic (exact) mass is 482 g/mol. The minimum Gasteiger partial charge on any atom is -0.389 e. The topological polar surface area (TPSA) is 24.5 Å². The molecule has 35 heavy (non-hydrogen) atoms. The maximum atomic E-state index is 14.1. The van der Waals surface area contributed by atoms with E-state index >= 15 is 0 Å². The number of allylic oxidation sites excluding steroid dienone is 5. The first-order valence-electron chi connectivity index (χ1n) is 13.8. The summed E-state index contributed by atoms with van der Waals surface area (Å²) in [7, 11) is 0. The molecule has 1 saturated carbocycles. The van der Waals surface area contributed by atoms with E-state index in [2.05, 4.69) is 55.8 Å². The standard InChI is InChI=1S/C31H47FN2O/c1-5-33-26(4)25(3)14-13-24(2)10-9-19-35-23-27-17-18-34(21-27)22-29-20-30(32)15-16-31(29)28-11-7-6-8-12-28/h13-16,20,27-28,33H,2,5-12,17-19,21-23H2,1,3-4H3/b14-13-,26-25+. The smallest absolute Gasteiger partial charge is 0.123 e. The summed E-state index contributed by atoms with van der Waals surface area (Å²) in [6.45, 7) is 16.1. The van der Waals surface area contributed by atoms with Crippen molar-refractivity contribution in [1.29, 1.82) is 0 Å². The molecule has 0 spiro atoms. The fourth-order valence-corrected chi connectivity index (χ4v) is 5.46. The van der Waals surface area contributed by atoms with Crippen LogP contribution in [-0.4, -0.2) is 37.7 Å². The molecule has 0 aromatic heterocycles. The van der Waals surface area contributed by atoms with Gasteiger partial charge in [0.05, 0.1) is 6.61 Å². The van der Waals surface area contributed by atoms with Crippen molar-refractivity contribution < 1.29 is 9.13 Å². The van der Waals surface area contributed by atoms with Gasteiger partial charge in [0, 0.05) is 31.9 Å². The lowest BCUT2D eigenvalue weighted by atomic mass is 9.82. The lowest BCUT2D eigenvalue weighted by Gasteiger charge is -2.26. The Kier molecular flexibility index (Phi) is 11.5. The van der Waals surface area contributed by atoms with Gasteiger partial charge in [-0.05, 0) is 100 Å². The molecule has 1 aromatic rings. The molecule has 0 bridgehead atoms. The van der Waals surface area contributed by atoms with Crippen LogP contribution in [0.1, 0.15) is 89.2 Å². The predicted octanol–water partition coefficient (Wildman–Crippen LogP) is 7.51. The van der Waals surface area contributed by atoms with Gasteiger partial charge in [-0.1, -0.05) is 49.6 Å². The van der Waals surface area contributed by atoms with E-state index in [4.69, 9.17) is 4.74 Å². The maximum Gasteiger partial charge on any atom is 0.123 e. The van der Waals surface area contributed by atoms with Crippen LogP contribution in [0.15, 0.2) is 53.8 Å². The molecule has 1 aliphatic carbocycles. The zero-order valence-electron chi connectivity index (χ0n) is 22.4. The minimum absolute atomic E-state index is 0.103. The summed E-state index contributed by atoms with van der Waals surface area (Å²) in [5, 5.41) is 3.35. The Morgan fingerprint density at radius 1 is 1.17 bits per heavy atom. The minimum atomic E-state index is -0.103. The van der Waals surface area contributed by atoms with Crippen LogP contribution in [0, 0.1) is 11.7 Å². The van der Waals surface area contributed by atoms with Crippen LogP contribution in [0.25, 0.3) is 0 Å². The molecule has 0 amide bonds. The molecule has 3 nitrogen and oxygen atoms in total. The number of rotatable bonds is 13. The van der Waals surface area contributed by atoms with Gasteiger partial charge in [0.2, 0.25) is 0 Å². The Balaban J connectivity index is 1.36. The van der Waals surface area contributed by atoms with Crippen molar-refractivity contribution in [1.82, 2.24) is 10.2 Å². The number of nitrogens with zero attached hydrogens (tertiary/aromatic N) is 1. The third-order valence-electron chi connectivity index (χ3n) is 7.66. The molecule has 4 heteroatoms. The quantitative estimate of drug-likeness (QED) is 0.233. The molecule has 1 heterocycles. The van der Waals surface area contributed by atoms with Crippen molar-refractivity contribution in [3.63, 3.8) is 0 Å². The molecule has 1 saturated heterocycles. The Bertz CT molecular complexity index is 869. The Morgan fingerprint density at radius 2 is 1.97 bits per heavy atom. The Morgan fingerprint density at radius 3 is 2.74 bits per heavy atom. The largest absolute Gasteiger partial charge is 0.389 e. The second kappa shape index (κ2) is 14.6. The number of nitrogens with one attached hydrogen (secondary N) is 1. The van der Waals surface area contributed by atoms with Crippen molar-refractivity contribution >= 4 is 0 Å². The van der Waals surface area contributed by atoms with Crippen molar-refractivity contribution in [3.05, 3.63) is 70.7 Å². The van der Waals surface area contributed by atoms with Crippen LogP contribution < -0.4 is 5.32 Å². The summed E-state index contributed by atoms with van der Waals surface area (Å²) in [6, 6.07) is 5.50. The highest BCUT2D eigenvalue weighted by Gasteiger charge is 2.25.